The smallest absolute Gasteiger partial charge is 0.114 e. The summed E-state index contributed by atoms with van der Waals surface area (Å²) in [6.07, 6.45) is 0.896. The largest absolute Gasteiger partial charge is 0.296 e. The highest BCUT2D eigenvalue weighted by atomic mass is 35.5. The van der Waals surface area contributed by atoms with E-state index in [1.54, 1.807) is 0 Å². The van der Waals surface area contributed by atoms with E-state index in [0.717, 1.165) is 39.4 Å². The summed E-state index contributed by atoms with van der Waals surface area (Å²) in [7, 11) is 0. The molecule has 1 heterocycles. The van der Waals surface area contributed by atoms with Gasteiger partial charge in [-0.3, -0.25) is 4.57 Å². The standard InChI is InChI=1S/C19H15ClN2/c1-2-19-21-17-5-3-4-6-18(17)22(19)16-10-8-13-11-15(20)9-7-14(13)12-16/h3-12H,2H2,1H3. The van der Waals surface area contributed by atoms with Gasteiger partial charge in [0.1, 0.15) is 5.82 Å². The summed E-state index contributed by atoms with van der Waals surface area (Å²) in [6.45, 7) is 2.14. The molecule has 0 saturated heterocycles. The Labute approximate surface area is 134 Å². The Hall–Kier alpha value is -2.32. The molecule has 0 spiro atoms. The molecule has 2 nitrogen and oxygen atoms in total. The Morgan fingerprint density at radius 1 is 0.955 bits per heavy atom. The maximum atomic E-state index is 6.07. The number of nitrogens with zero attached hydrogens (tertiary/aromatic N) is 2. The molecule has 22 heavy (non-hydrogen) atoms. The number of aromatic nitrogens is 2. The minimum absolute atomic E-state index is 0.766. The van der Waals surface area contributed by atoms with Crippen molar-refractivity contribution in [1.29, 1.82) is 0 Å². The highest BCUT2D eigenvalue weighted by molar-refractivity contribution is 6.31. The molecule has 3 aromatic carbocycles. The van der Waals surface area contributed by atoms with Crippen LogP contribution >= 0.6 is 11.6 Å². The maximum absolute atomic E-state index is 6.07. The van der Waals surface area contributed by atoms with Crippen molar-refractivity contribution in [3.05, 3.63) is 71.5 Å². The van der Waals surface area contributed by atoms with Crippen LogP contribution in [0, 0.1) is 0 Å². The molecule has 0 saturated carbocycles. The molecule has 0 aliphatic heterocycles. The molecule has 4 rings (SSSR count). The van der Waals surface area contributed by atoms with Crippen LogP contribution in [0.15, 0.2) is 60.7 Å². The lowest BCUT2D eigenvalue weighted by molar-refractivity contribution is 0.909. The number of hydrogen-bond donors (Lipinski definition) is 0. The van der Waals surface area contributed by atoms with Gasteiger partial charge in [0.05, 0.1) is 11.0 Å². The molecule has 0 amide bonds. The number of hydrogen-bond acceptors (Lipinski definition) is 1. The Morgan fingerprint density at radius 2 is 1.73 bits per heavy atom. The van der Waals surface area contributed by atoms with E-state index in [1.165, 1.54) is 5.39 Å². The molecule has 3 heteroatoms. The SMILES string of the molecule is CCc1nc2ccccc2n1-c1ccc2cc(Cl)ccc2c1. The number of aryl methyl sites for hydroxylation is 1. The van der Waals surface area contributed by atoms with Crippen molar-refractivity contribution < 1.29 is 0 Å². The number of rotatable bonds is 2. The quantitative estimate of drug-likeness (QED) is 0.485. The van der Waals surface area contributed by atoms with Crippen molar-refractivity contribution in [3.8, 4) is 5.69 Å². The van der Waals surface area contributed by atoms with Crippen molar-refractivity contribution in [2.75, 3.05) is 0 Å². The Kier molecular flexibility index (Phi) is 3.12. The van der Waals surface area contributed by atoms with E-state index in [-0.39, 0.29) is 0 Å². The van der Waals surface area contributed by atoms with Crippen LogP contribution in [0.2, 0.25) is 5.02 Å². The van der Waals surface area contributed by atoms with E-state index in [9.17, 15) is 0 Å². The number of benzene rings is 3. The Bertz CT molecular complexity index is 985. The first-order valence-electron chi connectivity index (χ1n) is 7.42. The first-order valence-corrected chi connectivity index (χ1v) is 7.80. The Balaban J connectivity index is 2.00. The van der Waals surface area contributed by atoms with Crippen molar-refractivity contribution in [2.24, 2.45) is 0 Å². The highest BCUT2D eigenvalue weighted by Gasteiger charge is 2.11. The zero-order valence-corrected chi connectivity index (χ0v) is 13.0. The second-order valence-corrected chi connectivity index (χ2v) is 5.82. The van der Waals surface area contributed by atoms with Crippen LogP contribution in [0.25, 0.3) is 27.5 Å². The minimum atomic E-state index is 0.766. The normalized spacial score (nSPS) is 11.4. The molecule has 0 radical (unpaired) electrons. The lowest BCUT2D eigenvalue weighted by Gasteiger charge is -2.10. The first-order chi connectivity index (χ1) is 10.8. The van der Waals surface area contributed by atoms with Gasteiger partial charge in [-0.15, -0.1) is 0 Å². The topological polar surface area (TPSA) is 17.8 Å². The van der Waals surface area contributed by atoms with Crippen molar-refractivity contribution in [1.82, 2.24) is 9.55 Å². The van der Waals surface area contributed by atoms with Gasteiger partial charge in [-0.25, -0.2) is 4.98 Å². The second kappa shape index (κ2) is 5.15. The lowest BCUT2D eigenvalue weighted by Crippen LogP contribution is -1.99. The summed E-state index contributed by atoms with van der Waals surface area (Å²) < 4.78 is 2.24. The molecule has 0 aliphatic rings. The molecular formula is C19H15ClN2. The van der Waals surface area contributed by atoms with Gasteiger partial charge >= 0.3 is 0 Å². The van der Waals surface area contributed by atoms with Gasteiger partial charge in [0.15, 0.2) is 0 Å². The summed E-state index contributed by atoms with van der Waals surface area (Å²) in [5, 5.41) is 3.10. The van der Waals surface area contributed by atoms with E-state index >= 15 is 0 Å². The predicted octanol–water partition coefficient (Wildman–Crippen LogP) is 5.39. The fourth-order valence-corrected chi connectivity index (χ4v) is 3.12. The zero-order valence-electron chi connectivity index (χ0n) is 12.3. The maximum Gasteiger partial charge on any atom is 0.114 e. The average Bonchev–Trinajstić information content (AvgIpc) is 2.93. The molecule has 0 unspecified atom stereocenters. The van der Waals surface area contributed by atoms with Crippen LogP contribution in [-0.4, -0.2) is 9.55 Å². The third-order valence-electron chi connectivity index (χ3n) is 3.99. The van der Waals surface area contributed by atoms with Crippen LogP contribution in [0.5, 0.6) is 0 Å². The van der Waals surface area contributed by atoms with Crippen LogP contribution in [0.1, 0.15) is 12.7 Å². The molecule has 0 fully saturated rings. The third kappa shape index (κ3) is 2.08. The minimum Gasteiger partial charge on any atom is -0.296 e. The predicted molar refractivity (Wildman–Crippen MR) is 93.0 cm³/mol. The second-order valence-electron chi connectivity index (χ2n) is 5.38. The van der Waals surface area contributed by atoms with Crippen molar-refractivity contribution in [3.63, 3.8) is 0 Å². The summed E-state index contributed by atoms with van der Waals surface area (Å²) in [5.74, 6) is 1.08. The summed E-state index contributed by atoms with van der Waals surface area (Å²) in [5.41, 5.74) is 3.32. The van der Waals surface area contributed by atoms with Gasteiger partial charge in [0.2, 0.25) is 0 Å². The van der Waals surface area contributed by atoms with Crippen molar-refractivity contribution in [2.45, 2.75) is 13.3 Å². The molecule has 4 aromatic rings. The van der Waals surface area contributed by atoms with Gasteiger partial charge in [-0.2, -0.15) is 0 Å². The summed E-state index contributed by atoms with van der Waals surface area (Å²) in [6, 6.07) is 20.7. The van der Waals surface area contributed by atoms with Gasteiger partial charge in [0, 0.05) is 17.1 Å². The van der Waals surface area contributed by atoms with Gasteiger partial charge in [-0.05, 0) is 47.2 Å². The van der Waals surface area contributed by atoms with E-state index in [2.05, 4.69) is 54.0 Å². The number of halogens is 1. The fourth-order valence-electron chi connectivity index (χ4n) is 2.94. The fraction of sp³-hybridized carbons (Fsp3) is 0.105. The van der Waals surface area contributed by atoms with Crippen LogP contribution in [0.3, 0.4) is 0 Å². The lowest BCUT2D eigenvalue weighted by atomic mass is 10.1. The number of fused-ring (bicyclic) bond motifs is 2. The van der Waals surface area contributed by atoms with Gasteiger partial charge in [0.25, 0.3) is 0 Å². The average molecular weight is 307 g/mol. The van der Waals surface area contributed by atoms with Crippen LogP contribution < -0.4 is 0 Å². The highest BCUT2D eigenvalue weighted by Crippen LogP contribution is 2.26. The molecule has 1 aromatic heterocycles. The van der Waals surface area contributed by atoms with E-state index in [1.807, 2.05) is 18.2 Å². The van der Waals surface area contributed by atoms with Crippen molar-refractivity contribution >= 4 is 33.4 Å². The molecule has 0 bridgehead atoms. The van der Waals surface area contributed by atoms with Gasteiger partial charge in [-0.1, -0.05) is 42.8 Å². The van der Waals surface area contributed by atoms with Crippen LogP contribution in [-0.2, 0) is 6.42 Å². The molecule has 0 atom stereocenters. The molecule has 108 valence electrons. The Morgan fingerprint density at radius 3 is 2.59 bits per heavy atom. The number of imidazole rings is 1. The zero-order chi connectivity index (χ0) is 15.1. The summed E-state index contributed by atoms with van der Waals surface area (Å²) in [4.78, 5) is 4.74. The monoisotopic (exact) mass is 306 g/mol. The molecule has 0 N–H and O–H groups in total. The third-order valence-corrected chi connectivity index (χ3v) is 4.23. The number of para-hydroxylation sites is 2. The van der Waals surface area contributed by atoms with Gasteiger partial charge < -0.3 is 0 Å². The van der Waals surface area contributed by atoms with E-state index in [0.29, 0.717) is 0 Å². The molecular weight excluding hydrogens is 292 g/mol. The summed E-state index contributed by atoms with van der Waals surface area (Å²) >= 11 is 6.07. The molecule has 0 aliphatic carbocycles. The first kappa shape index (κ1) is 13.4. The van der Waals surface area contributed by atoms with E-state index in [4.69, 9.17) is 16.6 Å². The van der Waals surface area contributed by atoms with Crippen LogP contribution in [0.4, 0.5) is 0 Å². The van der Waals surface area contributed by atoms with E-state index < -0.39 is 0 Å².